The number of aliphatic hydroxyl groups is 1. The van der Waals surface area contributed by atoms with Gasteiger partial charge in [-0.25, -0.2) is 13.1 Å². The number of hydrogen-bond donors (Lipinski definition) is 2. The van der Waals surface area contributed by atoms with E-state index in [9.17, 15) is 13.5 Å². The summed E-state index contributed by atoms with van der Waals surface area (Å²) in [5.74, 6) is 0.0306. The van der Waals surface area contributed by atoms with Crippen molar-refractivity contribution in [2.75, 3.05) is 11.8 Å². The van der Waals surface area contributed by atoms with Crippen LogP contribution in [0, 0.1) is 5.92 Å². The minimum Gasteiger partial charge on any atom is -0.391 e. The molecule has 0 bridgehead atoms. The van der Waals surface area contributed by atoms with E-state index >= 15 is 0 Å². The first kappa shape index (κ1) is 12.2. The summed E-state index contributed by atoms with van der Waals surface area (Å²) < 4.78 is 23.7. The lowest BCUT2D eigenvalue weighted by Crippen LogP contribution is -2.35. The molecule has 74 valence electrons. The highest BCUT2D eigenvalue weighted by Gasteiger charge is 2.13. The molecule has 0 saturated carbocycles. The Bertz CT molecular complexity index is 215. The Labute approximate surface area is 78.0 Å². The van der Waals surface area contributed by atoms with Gasteiger partial charge < -0.3 is 5.11 Å². The fourth-order valence-corrected chi connectivity index (χ4v) is 1.22. The summed E-state index contributed by atoms with van der Waals surface area (Å²) in [5, 5.41) is 8.74. The Morgan fingerprint density at radius 3 is 2.33 bits per heavy atom. The Morgan fingerprint density at radius 2 is 2.00 bits per heavy atom. The van der Waals surface area contributed by atoms with Crippen LogP contribution in [0.5, 0.6) is 0 Å². The highest BCUT2D eigenvalue weighted by Crippen LogP contribution is 1.99. The molecule has 0 heterocycles. The third-order valence-electron chi connectivity index (χ3n) is 1.43. The standard InChI is InChI=1S/C6H14ClNO3S/c1-5(2)6(9)3-8-12(10,11)4-7/h5-6,8-9H,3-4H2,1-2H3. The molecule has 0 rings (SSSR count). The monoisotopic (exact) mass is 215 g/mol. The maximum absolute atomic E-state index is 10.8. The molecule has 1 unspecified atom stereocenters. The van der Waals surface area contributed by atoms with Crippen LogP contribution < -0.4 is 4.72 Å². The van der Waals surface area contributed by atoms with Crippen molar-refractivity contribution in [3.63, 3.8) is 0 Å². The predicted molar refractivity (Wildman–Crippen MR) is 48.5 cm³/mol. The molecule has 12 heavy (non-hydrogen) atoms. The molecule has 0 aromatic rings. The molecule has 0 radical (unpaired) electrons. The largest absolute Gasteiger partial charge is 0.391 e. The Kier molecular flexibility index (Phi) is 5.08. The van der Waals surface area contributed by atoms with E-state index in [-0.39, 0.29) is 12.5 Å². The molecule has 0 aliphatic rings. The molecule has 4 nitrogen and oxygen atoms in total. The molecule has 0 aromatic carbocycles. The molecule has 2 N–H and O–H groups in total. The van der Waals surface area contributed by atoms with Gasteiger partial charge in [0.2, 0.25) is 10.0 Å². The quantitative estimate of drug-likeness (QED) is 0.641. The van der Waals surface area contributed by atoms with E-state index in [1.165, 1.54) is 0 Å². The van der Waals surface area contributed by atoms with E-state index in [4.69, 9.17) is 11.6 Å². The normalized spacial score (nSPS) is 15.1. The third-order valence-corrected chi connectivity index (χ3v) is 3.18. The molecule has 0 aromatic heterocycles. The van der Waals surface area contributed by atoms with Gasteiger partial charge in [-0.3, -0.25) is 0 Å². The molecule has 0 fully saturated rings. The zero-order valence-corrected chi connectivity index (χ0v) is 8.69. The fraction of sp³-hybridized carbons (Fsp3) is 1.00. The van der Waals surface area contributed by atoms with Crippen LogP contribution in [-0.4, -0.2) is 31.4 Å². The van der Waals surface area contributed by atoms with Gasteiger partial charge in [0.25, 0.3) is 0 Å². The summed E-state index contributed by atoms with van der Waals surface area (Å²) in [4.78, 5) is 0. The summed E-state index contributed by atoms with van der Waals surface area (Å²) in [6.45, 7) is 3.63. The molecular formula is C6H14ClNO3S. The molecule has 0 spiro atoms. The third kappa shape index (κ3) is 4.92. The Morgan fingerprint density at radius 1 is 1.50 bits per heavy atom. The average molecular weight is 216 g/mol. The Balaban J connectivity index is 3.84. The van der Waals surface area contributed by atoms with Gasteiger partial charge >= 0.3 is 0 Å². The van der Waals surface area contributed by atoms with E-state index in [0.717, 1.165) is 0 Å². The predicted octanol–water partition coefficient (Wildman–Crippen LogP) is 0.119. The first-order valence-corrected chi connectivity index (χ1v) is 5.79. The second kappa shape index (κ2) is 5.01. The van der Waals surface area contributed by atoms with Crippen molar-refractivity contribution < 1.29 is 13.5 Å². The van der Waals surface area contributed by atoms with Gasteiger partial charge in [-0.05, 0) is 5.92 Å². The maximum atomic E-state index is 10.8. The number of sulfonamides is 1. The molecule has 6 heteroatoms. The highest BCUT2D eigenvalue weighted by atomic mass is 35.5. The van der Waals surface area contributed by atoms with Crippen molar-refractivity contribution in [1.82, 2.24) is 4.72 Å². The first-order valence-electron chi connectivity index (χ1n) is 3.60. The van der Waals surface area contributed by atoms with Crippen LogP contribution in [0.25, 0.3) is 0 Å². The number of hydrogen-bond acceptors (Lipinski definition) is 3. The van der Waals surface area contributed by atoms with Gasteiger partial charge in [-0.2, -0.15) is 0 Å². The van der Waals surface area contributed by atoms with Crippen molar-refractivity contribution in [3.05, 3.63) is 0 Å². The lowest BCUT2D eigenvalue weighted by Gasteiger charge is -2.14. The second-order valence-corrected chi connectivity index (χ2v) is 5.27. The molecule has 0 aliphatic heterocycles. The summed E-state index contributed by atoms with van der Waals surface area (Å²) in [7, 11) is -3.39. The summed E-state index contributed by atoms with van der Waals surface area (Å²) in [6.07, 6.45) is -0.664. The smallest absolute Gasteiger partial charge is 0.225 e. The number of rotatable bonds is 5. The van der Waals surface area contributed by atoms with Crippen LogP contribution in [0.2, 0.25) is 0 Å². The average Bonchev–Trinajstić information content (AvgIpc) is 2.00. The van der Waals surface area contributed by atoms with E-state index < -0.39 is 21.3 Å². The van der Waals surface area contributed by atoms with Crippen LogP contribution in [0.1, 0.15) is 13.8 Å². The van der Waals surface area contributed by atoms with Gasteiger partial charge in [0, 0.05) is 6.54 Å². The minimum absolute atomic E-state index is 0.0206. The van der Waals surface area contributed by atoms with E-state index in [2.05, 4.69) is 4.72 Å². The van der Waals surface area contributed by atoms with Crippen LogP contribution in [0.3, 0.4) is 0 Å². The van der Waals surface area contributed by atoms with Crippen molar-refractivity contribution in [2.24, 2.45) is 5.92 Å². The topological polar surface area (TPSA) is 66.4 Å². The summed E-state index contributed by atoms with van der Waals surface area (Å²) in [6, 6.07) is 0. The van der Waals surface area contributed by atoms with E-state index in [0.29, 0.717) is 0 Å². The SMILES string of the molecule is CC(C)C(O)CNS(=O)(=O)CCl. The molecule has 0 saturated heterocycles. The van der Waals surface area contributed by atoms with Crippen molar-refractivity contribution in [1.29, 1.82) is 0 Å². The number of nitrogens with one attached hydrogen (secondary N) is 1. The molecule has 1 atom stereocenters. The van der Waals surface area contributed by atoms with Crippen LogP contribution in [0.4, 0.5) is 0 Å². The van der Waals surface area contributed by atoms with Gasteiger partial charge in [-0.1, -0.05) is 13.8 Å². The lowest BCUT2D eigenvalue weighted by atomic mass is 10.1. The van der Waals surface area contributed by atoms with Gasteiger partial charge in [0.15, 0.2) is 0 Å². The number of alkyl halides is 1. The van der Waals surface area contributed by atoms with E-state index in [1.54, 1.807) is 13.8 Å². The summed E-state index contributed by atoms with van der Waals surface area (Å²) in [5.41, 5.74) is 0. The zero-order valence-electron chi connectivity index (χ0n) is 7.12. The van der Waals surface area contributed by atoms with Gasteiger partial charge in [0.1, 0.15) is 5.21 Å². The fourth-order valence-electron chi connectivity index (χ4n) is 0.487. The molecular weight excluding hydrogens is 202 g/mol. The van der Waals surface area contributed by atoms with Gasteiger partial charge in [-0.15, -0.1) is 11.6 Å². The van der Waals surface area contributed by atoms with Crippen LogP contribution >= 0.6 is 11.6 Å². The zero-order chi connectivity index (χ0) is 9.78. The first-order chi connectivity index (χ1) is 5.39. The lowest BCUT2D eigenvalue weighted by molar-refractivity contribution is 0.129. The van der Waals surface area contributed by atoms with Gasteiger partial charge in [0.05, 0.1) is 6.10 Å². The van der Waals surface area contributed by atoms with Crippen molar-refractivity contribution in [2.45, 2.75) is 20.0 Å². The van der Waals surface area contributed by atoms with Crippen molar-refractivity contribution in [3.8, 4) is 0 Å². The van der Waals surface area contributed by atoms with Crippen LogP contribution in [-0.2, 0) is 10.0 Å². The van der Waals surface area contributed by atoms with Crippen LogP contribution in [0.15, 0.2) is 0 Å². The maximum Gasteiger partial charge on any atom is 0.225 e. The van der Waals surface area contributed by atoms with E-state index in [1.807, 2.05) is 0 Å². The Hall–Kier alpha value is 0.160. The molecule has 0 aliphatic carbocycles. The summed E-state index contributed by atoms with van der Waals surface area (Å²) >= 11 is 5.12. The second-order valence-electron chi connectivity index (χ2n) is 2.88. The number of halogens is 1. The molecule has 0 amide bonds. The van der Waals surface area contributed by atoms with Crippen molar-refractivity contribution >= 4 is 21.6 Å². The number of aliphatic hydroxyl groups excluding tert-OH is 1. The highest BCUT2D eigenvalue weighted by molar-refractivity contribution is 7.90. The minimum atomic E-state index is -3.39.